The minimum Gasteiger partial charge on any atom is -0.322 e. The maximum atomic E-state index is 13.2. The summed E-state index contributed by atoms with van der Waals surface area (Å²) in [7, 11) is 0. The van der Waals surface area contributed by atoms with Crippen LogP contribution in [0, 0.1) is 11.6 Å². The van der Waals surface area contributed by atoms with Gasteiger partial charge in [0, 0.05) is 17.3 Å². The van der Waals surface area contributed by atoms with Gasteiger partial charge in [-0.3, -0.25) is 14.4 Å². The molecule has 1 heterocycles. The molecule has 5 nitrogen and oxygen atoms in total. The second kappa shape index (κ2) is 6.70. The average molecular weight is 378 g/mol. The van der Waals surface area contributed by atoms with Crippen molar-refractivity contribution in [3.05, 3.63) is 95.1 Å². The maximum Gasteiger partial charge on any atom is 0.266 e. The van der Waals surface area contributed by atoms with E-state index in [-0.39, 0.29) is 11.3 Å². The van der Waals surface area contributed by atoms with Gasteiger partial charge in [0.05, 0.1) is 16.8 Å². The number of halogens is 2. The fraction of sp³-hybridized carbons (Fsp3) is 0. The van der Waals surface area contributed by atoms with Crippen molar-refractivity contribution in [2.75, 3.05) is 10.2 Å². The van der Waals surface area contributed by atoms with Gasteiger partial charge in [-0.2, -0.15) is 0 Å². The first-order chi connectivity index (χ1) is 13.5. The van der Waals surface area contributed by atoms with Gasteiger partial charge in [0.15, 0.2) is 11.6 Å². The van der Waals surface area contributed by atoms with Crippen LogP contribution in [0.4, 0.5) is 20.2 Å². The lowest BCUT2D eigenvalue weighted by molar-refractivity contribution is 0.0925. The van der Waals surface area contributed by atoms with Crippen LogP contribution in [0.2, 0.25) is 0 Å². The van der Waals surface area contributed by atoms with Crippen molar-refractivity contribution in [1.82, 2.24) is 0 Å². The molecular weight excluding hydrogens is 366 g/mol. The molecule has 0 fully saturated rings. The molecule has 0 bridgehead atoms. The van der Waals surface area contributed by atoms with Crippen LogP contribution >= 0.6 is 0 Å². The normalized spacial score (nSPS) is 12.9. The number of nitrogens with zero attached hydrogens (tertiary/aromatic N) is 1. The molecule has 0 unspecified atom stereocenters. The zero-order chi connectivity index (χ0) is 19.8. The molecule has 0 aromatic heterocycles. The zero-order valence-electron chi connectivity index (χ0n) is 14.3. The van der Waals surface area contributed by atoms with E-state index in [9.17, 15) is 23.2 Å². The second-order valence-electron chi connectivity index (χ2n) is 6.12. The Morgan fingerprint density at radius 1 is 0.786 bits per heavy atom. The maximum absolute atomic E-state index is 13.2. The number of hydrogen-bond acceptors (Lipinski definition) is 3. The Hall–Kier alpha value is -3.87. The predicted molar refractivity (Wildman–Crippen MR) is 98.3 cm³/mol. The van der Waals surface area contributed by atoms with Crippen molar-refractivity contribution in [2.45, 2.75) is 0 Å². The van der Waals surface area contributed by atoms with Gasteiger partial charge in [-0.25, -0.2) is 13.7 Å². The number of amides is 3. The van der Waals surface area contributed by atoms with E-state index < -0.39 is 29.4 Å². The number of anilines is 2. The first kappa shape index (κ1) is 17.5. The fourth-order valence-corrected chi connectivity index (χ4v) is 2.96. The molecule has 1 aliphatic heterocycles. The summed E-state index contributed by atoms with van der Waals surface area (Å²) in [4.78, 5) is 38.3. The zero-order valence-corrected chi connectivity index (χ0v) is 14.3. The summed E-state index contributed by atoms with van der Waals surface area (Å²) in [6.07, 6.45) is 0. The summed E-state index contributed by atoms with van der Waals surface area (Å²) in [6, 6.07) is 15.4. The largest absolute Gasteiger partial charge is 0.322 e. The van der Waals surface area contributed by atoms with E-state index >= 15 is 0 Å². The molecule has 3 aromatic rings. The molecule has 138 valence electrons. The molecular formula is C21H12F2N2O3. The van der Waals surface area contributed by atoms with Gasteiger partial charge in [0.1, 0.15) is 0 Å². The van der Waals surface area contributed by atoms with E-state index in [4.69, 9.17) is 0 Å². The average Bonchev–Trinajstić information content (AvgIpc) is 2.96. The standard InChI is InChI=1S/C21H12F2N2O3/c22-17-10-7-13(11-18(17)23)24-19(26)12-5-8-14(9-6-12)25-20(27)15-3-1-2-4-16(15)21(25)28/h1-11H,(H,24,26). The molecule has 0 radical (unpaired) electrons. The first-order valence-electron chi connectivity index (χ1n) is 8.30. The molecule has 1 N–H and O–H groups in total. The highest BCUT2D eigenvalue weighted by atomic mass is 19.2. The lowest BCUT2D eigenvalue weighted by Crippen LogP contribution is -2.29. The van der Waals surface area contributed by atoms with Crippen molar-refractivity contribution < 1.29 is 23.2 Å². The van der Waals surface area contributed by atoms with E-state index in [1.807, 2.05) is 0 Å². The third-order valence-electron chi connectivity index (χ3n) is 4.36. The topological polar surface area (TPSA) is 66.5 Å². The number of carbonyl (C=O) groups excluding carboxylic acids is 3. The van der Waals surface area contributed by atoms with Crippen LogP contribution in [0.25, 0.3) is 0 Å². The third kappa shape index (κ3) is 2.92. The summed E-state index contributed by atoms with van der Waals surface area (Å²) < 4.78 is 26.2. The van der Waals surface area contributed by atoms with Crippen molar-refractivity contribution >= 4 is 29.1 Å². The fourth-order valence-electron chi connectivity index (χ4n) is 2.96. The van der Waals surface area contributed by atoms with Crippen LogP contribution in [0.3, 0.4) is 0 Å². The SMILES string of the molecule is O=C(Nc1ccc(F)c(F)c1)c1ccc(N2C(=O)c3ccccc3C2=O)cc1. The summed E-state index contributed by atoms with van der Waals surface area (Å²) in [5.41, 5.74) is 1.31. The van der Waals surface area contributed by atoms with Crippen LogP contribution in [0.5, 0.6) is 0 Å². The summed E-state index contributed by atoms with van der Waals surface area (Å²) in [6.45, 7) is 0. The van der Waals surface area contributed by atoms with E-state index in [0.717, 1.165) is 17.0 Å². The minimum atomic E-state index is -1.07. The monoisotopic (exact) mass is 378 g/mol. The number of nitrogens with one attached hydrogen (secondary N) is 1. The predicted octanol–water partition coefficient (Wildman–Crippen LogP) is 4.02. The minimum absolute atomic E-state index is 0.105. The lowest BCUT2D eigenvalue weighted by atomic mass is 10.1. The quantitative estimate of drug-likeness (QED) is 0.700. The summed E-state index contributed by atoms with van der Waals surface area (Å²) in [5, 5.41) is 2.45. The Balaban J connectivity index is 1.54. The van der Waals surface area contributed by atoms with E-state index in [0.29, 0.717) is 16.8 Å². The van der Waals surface area contributed by atoms with Gasteiger partial charge in [-0.05, 0) is 48.5 Å². The van der Waals surface area contributed by atoms with E-state index in [1.165, 1.54) is 30.3 Å². The smallest absolute Gasteiger partial charge is 0.266 e. The summed E-state index contributed by atoms with van der Waals surface area (Å²) in [5.74, 6) is -3.49. The third-order valence-corrected chi connectivity index (χ3v) is 4.36. The van der Waals surface area contributed by atoms with Crippen molar-refractivity contribution in [1.29, 1.82) is 0 Å². The number of fused-ring (bicyclic) bond motifs is 1. The highest BCUT2D eigenvalue weighted by Crippen LogP contribution is 2.28. The Labute approximate surface area is 158 Å². The Morgan fingerprint density at radius 2 is 1.39 bits per heavy atom. The molecule has 0 atom stereocenters. The van der Waals surface area contributed by atoms with Gasteiger partial charge in [0.25, 0.3) is 17.7 Å². The van der Waals surface area contributed by atoms with Crippen molar-refractivity contribution in [3.8, 4) is 0 Å². The first-order valence-corrected chi connectivity index (χ1v) is 8.30. The number of rotatable bonds is 3. The van der Waals surface area contributed by atoms with Gasteiger partial charge in [-0.1, -0.05) is 12.1 Å². The molecule has 3 aromatic carbocycles. The number of benzene rings is 3. The molecule has 3 amide bonds. The molecule has 1 aliphatic rings. The van der Waals surface area contributed by atoms with Crippen LogP contribution in [0.1, 0.15) is 31.1 Å². The van der Waals surface area contributed by atoms with E-state index in [2.05, 4.69) is 5.32 Å². The second-order valence-corrected chi connectivity index (χ2v) is 6.12. The van der Waals surface area contributed by atoms with Crippen LogP contribution in [0.15, 0.2) is 66.7 Å². The van der Waals surface area contributed by atoms with Crippen LogP contribution in [-0.2, 0) is 0 Å². The van der Waals surface area contributed by atoms with Gasteiger partial charge >= 0.3 is 0 Å². The number of carbonyl (C=O) groups is 3. The van der Waals surface area contributed by atoms with Gasteiger partial charge in [-0.15, -0.1) is 0 Å². The lowest BCUT2D eigenvalue weighted by Gasteiger charge is -2.14. The van der Waals surface area contributed by atoms with Gasteiger partial charge < -0.3 is 5.32 Å². The molecule has 0 saturated carbocycles. The molecule has 28 heavy (non-hydrogen) atoms. The van der Waals surface area contributed by atoms with Crippen molar-refractivity contribution in [3.63, 3.8) is 0 Å². The molecule has 4 rings (SSSR count). The summed E-state index contributed by atoms with van der Waals surface area (Å²) >= 11 is 0. The molecule has 0 spiro atoms. The number of imide groups is 1. The van der Waals surface area contributed by atoms with E-state index in [1.54, 1.807) is 24.3 Å². The Morgan fingerprint density at radius 3 is 1.96 bits per heavy atom. The van der Waals surface area contributed by atoms with Crippen molar-refractivity contribution in [2.24, 2.45) is 0 Å². The van der Waals surface area contributed by atoms with Crippen LogP contribution < -0.4 is 10.2 Å². The Kier molecular flexibility index (Phi) is 4.19. The van der Waals surface area contributed by atoms with Crippen LogP contribution in [-0.4, -0.2) is 17.7 Å². The molecule has 0 aliphatic carbocycles. The van der Waals surface area contributed by atoms with Gasteiger partial charge in [0.2, 0.25) is 0 Å². The highest BCUT2D eigenvalue weighted by molar-refractivity contribution is 6.34. The molecule has 0 saturated heterocycles. The molecule has 7 heteroatoms. The Bertz CT molecular complexity index is 1090. The highest BCUT2D eigenvalue weighted by Gasteiger charge is 2.36. The number of hydrogen-bond donors (Lipinski definition) is 1.